The lowest BCUT2D eigenvalue weighted by Gasteiger charge is -2.09. The van der Waals surface area contributed by atoms with Crippen LogP contribution in [0.15, 0.2) is 21.6 Å². The van der Waals surface area contributed by atoms with Gasteiger partial charge < -0.3 is 9.29 Å². The van der Waals surface area contributed by atoms with Crippen LogP contribution in [0, 0.1) is 0 Å². The van der Waals surface area contributed by atoms with Crippen LogP contribution in [0.4, 0.5) is 0 Å². The van der Waals surface area contributed by atoms with Crippen molar-refractivity contribution in [3.8, 4) is 5.88 Å². The Hall–Kier alpha value is -0.460. The van der Waals surface area contributed by atoms with Gasteiger partial charge in [0.05, 0.1) is 12.0 Å². The fourth-order valence-corrected chi connectivity index (χ4v) is 1.67. The van der Waals surface area contributed by atoms with Crippen molar-refractivity contribution in [1.82, 2.24) is 4.98 Å². The van der Waals surface area contributed by atoms with Crippen molar-refractivity contribution in [2.45, 2.75) is 4.90 Å². The van der Waals surface area contributed by atoms with Gasteiger partial charge >= 0.3 is 0 Å². The van der Waals surface area contributed by atoms with Gasteiger partial charge in [-0.1, -0.05) is 0 Å². The maximum Gasteiger partial charge on any atom is 0.228 e. The Labute approximate surface area is 80.4 Å². The number of aromatic nitrogens is 1. The van der Waals surface area contributed by atoms with E-state index in [1.165, 1.54) is 19.4 Å². The third kappa shape index (κ3) is 2.02. The summed E-state index contributed by atoms with van der Waals surface area (Å²) in [5.41, 5.74) is 0. The minimum absolute atomic E-state index is 0.0480. The maximum atomic E-state index is 10.6. The van der Waals surface area contributed by atoms with Gasteiger partial charge in [0.2, 0.25) is 5.88 Å². The number of hydrogen-bond donors (Lipinski definition) is 0. The standard InChI is InChI=1S/C6H6BrNO3S/c1-11-6-5(12(9)10)2-4(7)3-8-6/h2-3H,1H3,(H,9,10)/p-1. The predicted molar refractivity (Wildman–Crippen MR) is 45.7 cm³/mol. The van der Waals surface area contributed by atoms with Crippen LogP contribution in [-0.2, 0) is 11.1 Å². The summed E-state index contributed by atoms with van der Waals surface area (Å²) in [5, 5.41) is 0. The topological polar surface area (TPSA) is 62.2 Å². The fourth-order valence-electron chi connectivity index (χ4n) is 0.681. The van der Waals surface area contributed by atoms with Gasteiger partial charge in [0.25, 0.3) is 0 Å². The van der Waals surface area contributed by atoms with Crippen LogP contribution in [0.3, 0.4) is 0 Å². The summed E-state index contributed by atoms with van der Waals surface area (Å²) in [4.78, 5) is 3.80. The van der Waals surface area contributed by atoms with Gasteiger partial charge in [0.1, 0.15) is 0 Å². The summed E-state index contributed by atoms with van der Waals surface area (Å²) in [5.74, 6) is 0.103. The van der Waals surface area contributed by atoms with E-state index in [4.69, 9.17) is 4.74 Å². The molecule has 1 aromatic heterocycles. The Bertz CT molecular complexity index is 318. The fraction of sp³-hybridized carbons (Fsp3) is 0.167. The van der Waals surface area contributed by atoms with Gasteiger partial charge in [-0.05, 0) is 33.1 Å². The zero-order valence-electron chi connectivity index (χ0n) is 6.11. The molecule has 66 valence electrons. The second kappa shape index (κ2) is 3.97. The van der Waals surface area contributed by atoms with E-state index < -0.39 is 11.1 Å². The van der Waals surface area contributed by atoms with Gasteiger partial charge in [-0.15, -0.1) is 0 Å². The van der Waals surface area contributed by atoms with Crippen molar-refractivity contribution >= 4 is 27.0 Å². The van der Waals surface area contributed by atoms with Crippen LogP contribution in [-0.4, -0.2) is 20.9 Å². The molecule has 0 spiro atoms. The second-order valence-electron chi connectivity index (χ2n) is 1.90. The van der Waals surface area contributed by atoms with Crippen LogP contribution in [0.1, 0.15) is 0 Å². The molecule has 1 unspecified atom stereocenters. The number of hydrogen-bond acceptors (Lipinski definition) is 4. The molecule has 0 aromatic carbocycles. The highest BCUT2D eigenvalue weighted by molar-refractivity contribution is 9.10. The molecule has 6 heteroatoms. The van der Waals surface area contributed by atoms with Gasteiger partial charge in [0.15, 0.2) is 0 Å². The summed E-state index contributed by atoms with van der Waals surface area (Å²) in [6, 6.07) is 1.43. The lowest BCUT2D eigenvalue weighted by molar-refractivity contribution is 0.383. The van der Waals surface area contributed by atoms with E-state index in [9.17, 15) is 8.76 Å². The van der Waals surface area contributed by atoms with E-state index in [1.807, 2.05) is 0 Å². The van der Waals surface area contributed by atoms with Crippen molar-refractivity contribution in [3.63, 3.8) is 0 Å². The predicted octanol–water partition coefficient (Wildman–Crippen LogP) is 1.09. The highest BCUT2D eigenvalue weighted by Crippen LogP contribution is 2.21. The van der Waals surface area contributed by atoms with Gasteiger partial charge in [-0.3, -0.25) is 4.21 Å². The second-order valence-corrected chi connectivity index (χ2v) is 3.72. The van der Waals surface area contributed by atoms with Crippen molar-refractivity contribution in [2.24, 2.45) is 0 Å². The first kappa shape index (κ1) is 9.63. The first-order valence-electron chi connectivity index (χ1n) is 2.94. The number of rotatable bonds is 2. The van der Waals surface area contributed by atoms with Gasteiger partial charge in [-0.25, -0.2) is 4.98 Å². The molecule has 1 rings (SSSR count). The molecule has 12 heavy (non-hydrogen) atoms. The van der Waals surface area contributed by atoms with Gasteiger partial charge in [0, 0.05) is 10.7 Å². The van der Waals surface area contributed by atoms with Crippen LogP contribution in [0.2, 0.25) is 0 Å². The van der Waals surface area contributed by atoms with Crippen molar-refractivity contribution in [2.75, 3.05) is 7.11 Å². The van der Waals surface area contributed by atoms with E-state index >= 15 is 0 Å². The molecule has 0 amide bonds. The molecule has 0 fully saturated rings. The maximum absolute atomic E-state index is 10.6. The Morgan fingerprint density at radius 3 is 2.92 bits per heavy atom. The highest BCUT2D eigenvalue weighted by atomic mass is 79.9. The Morgan fingerprint density at radius 1 is 1.75 bits per heavy atom. The molecule has 1 aromatic rings. The number of methoxy groups -OCH3 is 1. The SMILES string of the molecule is COc1ncc(Br)cc1S(=O)[O-]. The zero-order chi connectivity index (χ0) is 9.14. The van der Waals surface area contributed by atoms with Crippen molar-refractivity contribution in [1.29, 1.82) is 0 Å². The summed E-state index contributed by atoms with van der Waals surface area (Å²) >= 11 is 0.784. The summed E-state index contributed by atoms with van der Waals surface area (Å²) < 4.78 is 26.5. The molecule has 0 radical (unpaired) electrons. The lowest BCUT2D eigenvalue weighted by Crippen LogP contribution is -1.97. The van der Waals surface area contributed by atoms with Crippen LogP contribution in [0.5, 0.6) is 5.88 Å². The highest BCUT2D eigenvalue weighted by Gasteiger charge is 2.04. The number of pyridine rings is 1. The van der Waals surface area contributed by atoms with Crippen molar-refractivity contribution < 1.29 is 13.5 Å². The number of halogens is 1. The first-order valence-corrected chi connectivity index (χ1v) is 4.80. The number of nitrogens with zero attached hydrogens (tertiary/aromatic N) is 1. The number of ether oxygens (including phenoxy) is 1. The minimum Gasteiger partial charge on any atom is -0.768 e. The molecule has 0 aliphatic rings. The normalized spacial score (nSPS) is 12.6. The molecule has 0 aliphatic heterocycles. The lowest BCUT2D eigenvalue weighted by atomic mass is 10.5. The zero-order valence-corrected chi connectivity index (χ0v) is 8.52. The Morgan fingerprint density at radius 2 is 2.42 bits per heavy atom. The smallest absolute Gasteiger partial charge is 0.228 e. The van der Waals surface area contributed by atoms with E-state index in [0.29, 0.717) is 4.47 Å². The molecule has 0 saturated carbocycles. The first-order chi connectivity index (χ1) is 5.65. The van der Waals surface area contributed by atoms with E-state index in [0.717, 1.165) is 0 Å². The summed E-state index contributed by atoms with van der Waals surface area (Å²) in [6.45, 7) is 0. The molecule has 1 atom stereocenters. The molecular weight excluding hydrogens is 246 g/mol. The Kier molecular flexibility index (Phi) is 3.19. The molecule has 0 N–H and O–H groups in total. The van der Waals surface area contributed by atoms with E-state index in [1.54, 1.807) is 0 Å². The van der Waals surface area contributed by atoms with Crippen LogP contribution < -0.4 is 4.74 Å². The summed E-state index contributed by atoms with van der Waals surface area (Å²) in [6.07, 6.45) is 1.47. The van der Waals surface area contributed by atoms with E-state index in [2.05, 4.69) is 20.9 Å². The molecule has 4 nitrogen and oxygen atoms in total. The van der Waals surface area contributed by atoms with Crippen molar-refractivity contribution in [3.05, 3.63) is 16.7 Å². The van der Waals surface area contributed by atoms with Crippen LogP contribution in [0.25, 0.3) is 0 Å². The van der Waals surface area contributed by atoms with Crippen LogP contribution >= 0.6 is 15.9 Å². The largest absolute Gasteiger partial charge is 0.768 e. The third-order valence-corrected chi connectivity index (χ3v) is 2.24. The average molecular weight is 251 g/mol. The summed E-state index contributed by atoms with van der Waals surface area (Å²) in [7, 11) is 1.37. The van der Waals surface area contributed by atoms with E-state index in [-0.39, 0.29) is 10.8 Å². The van der Waals surface area contributed by atoms with Gasteiger partial charge in [-0.2, -0.15) is 0 Å². The molecule has 1 heterocycles. The molecule has 0 aliphatic carbocycles. The molecular formula is C6H5BrNO3S-. The molecule has 0 saturated heterocycles. The quantitative estimate of drug-likeness (QED) is 0.738. The Balaban J connectivity index is 3.21. The third-order valence-electron chi connectivity index (χ3n) is 1.16. The molecule has 0 bridgehead atoms. The minimum atomic E-state index is -2.32. The average Bonchev–Trinajstić information content (AvgIpc) is 2.04. The monoisotopic (exact) mass is 250 g/mol.